The van der Waals surface area contributed by atoms with Gasteiger partial charge in [0.25, 0.3) is 11.5 Å². The Morgan fingerprint density at radius 1 is 0.889 bits per heavy atom. The van der Waals surface area contributed by atoms with Crippen molar-refractivity contribution in [1.29, 1.82) is 0 Å². The molecule has 1 fully saturated rings. The van der Waals surface area contributed by atoms with Crippen molar-refractivity contribution in [2.45, 2.75) is 54.3 Å². The molecule has 0 unspecified atom stereocenters. The second-order valence-corrected chi connectivity index (χ2v) is 11.8. The van der Waals surface area contributed by atoms with Crippen LogP contribution in [0.5, 0.6) is 0 Å². The Morgan fingerprint density at radius 2 is 1.42 bits per heavy atom. The highest BCUT2D eigenvalue weighted by Crippen LogP contribution is 2.43. The maximum absolute atomic E-state index is 13.9. The van der Waals surface area contributed by atoms with Gasteiger partial charge < -0.3 is 10.0 Å². The van der Waals surface area contributed by atoms with Crippen LogP contribution in [0.25, 0.3) is 0 Å². The van der Waals surface area contributed by atoms with Gasteiger partial charge in [-0.2, -0.15) is 26.3 Å². The van der Waals surface area contributed by atoms with Gasteiger partial charge in [-0.1, -0.05) is 36.4 Å². The summed E-state index contributed by atoms with van der Waals surface area (Å²) >= 11 is 0. The molecule has 3 rings (SSSR count). The SMILES string of the molecule is CC(C)(C1CCN(C(=O)[C@](O)(c2ccccc2)C(F)(F)F)CC1)S(=O)(=O)c1cccc(C(F)(F)F)c1. The van der Waals surface area contributed by atoms with Crippen LogP contribution in [0.3, 0.4) is 0 Å². The number of halogens is 6. The zero-order chi connectivity index (χ0) is 27.2. The number of benzene rings is 2. The highest BCUT2D eigenvalue weighted by molar-refractivity contribution is 7.92. The molecule has 1 saturated heterocycles. The summed E-state index contributed by atoms with van der Waals surface area (Å²) in [6, 6.07) is 9.29. The van der Waals surface area contributed by atoms with Crippen LogP contribution >= 0.6 is 0 Å². The molecule has 198 valence electrons. The molecule has 2 aromatic carbocycles. The lowest BCUT2D eigenvalue weighted by molar-refractivity contribution is -0.262. The summed E-state index contributed by atoms with van der Waals surface area (Å²) in [5, 5.41) is 10.5. The standard InChI is InChI=1S/C24H25F6NO4S/c1-21(2,36(34,35)19-10-6-9-18(15-19)23(25,26)27)16-11-13-31(14-12-16)20(32)22(33,24(28,29)30)17-7-4-3-5-8-17/h3-10,15-16,33H,11-14H2,1-2H3/t22-/m1/s1. The Kier molecular flexibility index (Phi) is 7.28. The summed E-state index contributed by atoms with van der Waals surface area (Å²) < 4.78 is 106. The van der Waals surface area contributed by atoms with Crippen LogP contribution in [0, 0.1) is 5.92 Å². The lowest BCUT2D eigenvalue weighted by atomic mass is 9.84. The number of hydrogen-bond acceptors (Lipinski definition) is 4. The molecule has 5 nitrogen and oxygen atoms in total. The number of aliphatic hydroxyl groups is 1. The molecular formula is C24H25F6NO4S. The monoisotopic (exact) mass is 537 g/mol. The number of nitrogens with zero attached hydrogens (tertiary/aromatic N) is 1. The van der Waals surface area contributed by atoms with E-state index in [1.165, 1.54) is 32.0 Å². The van der Waals surface area contributed by atoms with Gasteiger partial charge in [0.05, 0.1) is 15.2 Å². The Hall–Kier alpha value is -2.60. The van der Waals surface area contributed by atoms with Gasteiger partial charge in [-0.05, 0) is 50.8 Å². The van der Waals surface area contributed by atoms with Gasteiger partial charge in [0.15, 0.2) is 9.84 Å². The number of hydrogen-bond donors (Lipinski definition) is 1. The van der Waals surface area contributed by atoms with E-state index >= 15 is 0 Å². The van der Waals surface area contributed by atoms with Crippen LogP contribution in [0.15, 0.2) is 59.5 Å². The first-order valence-electron chi connectivity index (χ1n) is 11.0. The van der Waals surface area contributed by atoms with Crippen molar-refractivity contribution >= 4 is 15.7 Å². The molecule has 1 amide bonds. The first-order valence-corrected chi connectivity index (χ1v) is 12.5. The number of carbonyl (C=O) groups excluding carboxylic acids is 1. The maximum Gasteiger partial charge on any atom is 0.430 e. The van der Waals surface area contributed by atoms with Gasteiger partial charge in [0.1, 0.15) is 0 Å². The van der Waals surface area contributed by atoms with E-state index in [-0.39, 0.29) is 25.9 Å². The second-order valence-electron chi connectivity index (χ2n) is 9.27. The molecule has 2 aromatic rings. The highest BCUT2D eigenvalue weighted by Gasteiger charge is 2.62. The van der Waals surface area contributed by atoms with Gasteiger partial charge >= 0.3 is 12.4 Å². The van der Waals surface area contributed by atoms with Crippen molar-refractivity contribution in [3.05, 3.63) is 65.7 Å². The molecule has 36 heavy (non-hydrogen) atoms. The van der Waals surface area contributed by atoms with E-state index in [1.807, 2.05) is 0 Å². The Labute approximate surface area is 204 Å². The number of sulfone groups is 1. The zero-order valence-corrected chi connectivity index (χ0v) is 20.2. The van der Waals surface area contributed by atoms with Crippen LogP contribution in [-0.2, 0) is 26.4 Å². The van der Waals surface area contributed by atoms with Gasteiger partial charge in [0.2, 0.25) is 0 Å². The zero-order valence-electron chi connectivity index (χ0n) is 19.4. The summed E-state index contributed by atoms with van der Waals surface area (Å²) in [5.41, 5.74) is -5.54. The topological polar surface area (TPSA) is 74.7 Å². The third-order valence-electron chi connectivity index (χ3n) is 6.84. The lowest BCUT2D eigenvalue weighted by Gasteiger charge is -2.42. The number of carbonyl (C=O) groups is 1. The molecule has 0 saturated carbocycles. The Balaban J connectivity index is 1.83. The van der Waals surface area contributed by atoms with Crippen molar-refractivity contribution in [2.24, 2.45) is 5.92 Å². The molecule has 1 aliphatic heterocycles. The van der Waals surface area contributed by atoms with E-state index in [0.717, 1.165) is 35.2 Å². The van der Waals surface area contributed by atoms with Gasteiger partial charge in [-0.25, -0.2) is 8.42 Å². The van der Waals surface area contributed by atoms with Crippen molar-refractivity contribution in [3.8, 4) is 0 Å². The highest BCUT2D eigenvalue weighted by atomic mass is 32.2. The molecule has 1 aliphatic rings. The Morgan fingerprint density at radius 3 is 1.92 bits per heavy atom. The molecular weight excluding hydrogens is 512 g/mol. The van der Waals surface area contributed by atoms with Crippen LogP contribution in [-0.4, -0.2) is 48.3 Å². The lowest BCUT2D eigenvalue weighted by Crippen LogP contribution is -2.58. The first kappa shape index (κ1) is 28.0. The van der Waals surface area contributed by atoms with Gasteiger partial charge in [-0.3, -0.25) is 4.79 Å². The minimum absolute atomic E-state index is 0.0281. The largest absolute Gasteiger partial charge is 0.430 e. The molecule has 0 spiro atoms. The minimum atomic E-state index is -5.31. The normalized spacial score (nSPS) is 18.1. The molecule has 1 atom stereocenters. The van der Waals surface area contributed by atoms with Crippen LogP contribution in [0.2, 0.25) is 0 Å². The summed E-state index contributed by atoms with van der Waals surface area (Å²) in [7, 11) is -4.29. The number of amides is 1. The minimum Gasteiger partial charge on any atom is -0.369 e. The Bertz CT molecular complexity index is 1200. The van der Waals surface area contributed by atoms with E-state index in [0.29, 0.717) is 6.07 Å². The van der Waals surface area contributed by atoms with Gasteiger partial charge in [-0.15, -0.1) is 0 Å². The number of rotatable bonds is 5. The van der Waals surface area contributed by atoms with E-state index in [2.05, 4.69) is 0 Å². The first-order chi connectivity index (χ1) is 16.4. The van der Waals surface area contributed by atoms with E-state index in [1.54, 1.807) is 0 Å². The smallest absolute Gasteiger partial charge is 0.369 e. The van der Waals surface area contributed by atoms with Crippen LogP contribution in [0.4, 0.5) is 26.3 Å². The third kappa shape index (κ3) is 4.84. The predicted molar refractivity (Wildman–Crippen MR) is 118 cm³/mol. The molecule has 0 aromatic heterocycles. The summed E-state index contributed by atoms with van der Waals surface area (Å²) in [6.45, 7) is 2.16. The number of likely N-dealkylation sites (tertiary alicyclic amines) is 1. The summed E-state index contributed by atoms with van der Waals surface area (Å²) in [5.74, 6) is -2.24. The van der Waals surface area contributed by atoms with Crippen LogP contribution in [0.1, 0.15) is 37.8 Å². The summed E-state index contributed by atoms with van der Waals surface area (Å²) in [4.78, 5) is 13.2. The number of piperidine rings is 1. The van der Waals surface area contributed by atoms with Crippen molar-refractivity contribution in [2.75, 3.05) is 13.1 Å². The van der Waals surface area contributed by atoms with Crippen molar-refractivity contribution in [1.82, 2.24) is 4.90 Å². The fourth-order valence-electron chi connectivity index (χ4n) is 4.46. The van der Waals surface area contributed by atoms with Gasteiger partial charge in [0, 0.05) is 18.7 Å². The molecule has 0 radical (unpaired) electrons. The maximum atomic E-state index is 13.9. The quantitative estimate of drug-likeness (QED) is 0.548. The average Bonchev–Trinajstić information content (AvgIpc) is 2.82. The average molecular weight is 538 g/mol. The fourth-order valence-corrected chi connectivity index (χ4v) is 6.28. The number of alkyl halides is 6. The second kappa shape index (κ2) is 9.37. The molecule has 0 aliphatic carbocycles. The molecule has 1 heterocycles. The predicted octanol–water partition coefficient (Wildman–Crippen LogP) is 4.95. The third-order valence-corrected chi connectivity index (χ3v) is 9.43. The molecule has 1 N–H and O–H groups in total. The van der Waals surface area contributed by atoms with E-state index < -0.39 is 60.4 Å². The fraction of sp³-hybridized carbons (Fsp3) is 0.458. The van der Waals surface area contributed by atoms with E-state index in [4.69, 9.17) is 0 Å². The summed E-state index contributed by atoms with van der Waals surface area (Å²) in [6.07, 6.45) is -10.1. The van der Waals surface area contributed by atoms with Crippen molar-refractivity contribution < 1.29 is 44.7 Å². The van der Waals surface area contributed by atoms with Crippen LogP contribution < -0.4 is 0 Å². The van der Waals surface area contributed by atoms with E-state index in [9.17, 15) is 44.7 Å². The molecule has 12 heteroatoms. The molecule has 0 bridgehead atoms. The van der Waals surface area contributed by atoms with Crippen molar-refractivity contribution in [3.63, 3.8) is 0 Å².